The molecular weight excluding hydrogens is 272 g/mol. The summed E-state index contributed by atoms with van der Waals surface area (Å²) in [6.45, 7) is 1.16. The quantitative estimate of drug-likeness (QED) is 0.481. The lowest BCUT2D eigenvalue weighted by Crippen LogP contribution is -2.46. The zero-order chi connectivity index (χ0) is 13.8. The minimum Gasteiger partial charge on any atom is -0.373 e. The van der Waals surface area contributed by atoms with E-state index in [1.54, 1.807) is 11.0 Å². The number of ether oxygens (including phenoxy) is 1. The largest absolute Gasteiger partial charge is 0.373 e. The topological polar surface area (TPSA) is 72.7 Å². The predicted octanol–water partition coefficient (Wildman–Crippen LogP) is 1.67. The lowest BCUT2D eigenvalue weighted by atomic mass is 10.1. The molecule has 0 bridgehead atoms. The summed E-state index contributed by atoms with van der Waals surface area (Å²) in [5.74, 6) is -0.0635. The van der Waals surface area contributed by atoms with E-state index in [-0.39, 0.29) is 23.3 Å². The highest BCUT2D eigenvalue weighted by Crippen LogP contribution is 2.20. The van der Waals surface area contributed by atoms with E-state index in [2.05, 4.69) is 0 Å². The molecule has 6 nitrogen and oxygen atoms in total. The molecule has 2 rings (SSSR count). The average Bonchev–Trinajstić information content (AvgIpc) is 2.46. The number of nitrogens with zero attached hydrogens (tertiary/aromatic N) is 2. The van der Waals surface area contributed by atoms with Gasteiger partial charge in [-0.15, -0.1) is 11.6 Å². The number of rotatable bonds is 3. The number of benzene rings is 1. The van der Waals surface area contributed by atoms with Crippen LogP contribution in [0.25, 0.3) is 0 Å². The van der Waals surface area contributed by atoms with E-state index in [0.717, 1.165) is 0 Å². The van der Waals surface area contributed by atoms with Gasteiger partial charge < -0.3 is 9.64 Å². The first-order valence-electron chi connectivity index (χ1n) is 5.83. The van der Waals surface area contributed by atoms with Gasteiger partial charge in [-0.2, -0.15) is 0 Å². The summed E-state index contributed by atoms with van der Waals surface area (Å²) in [5.41, 5.74) is -0.0795. The van der Waals surface area contributed by atoms with Gasteiger partial charge in [-0.25, -0.2) is 0 Å². The maximum absolute atomic E-state index is 12.3. The normalized spacial score (nSPS) is 19.2. The molecule has 0 radical (unpaired) electrons. The molecule has 1 unspecified atom stereocenters. The lowest BCUT2D eigenvalue weighted by molar-refractivity contribution is -0.385. The predicted molar refractivity (Wildman–Crippen MR) is 69.5 cm³/mol. The second kappa shape index (κ2) is 5.99. The second-order valence-electron chi connectivity index (χ2n) is 4.17. The van der Waals surface area contributed by atoms with E-state index in [0.29, 0.717) is 25.6 Å². The number of para-hydroxylation sites is 1. The zero-order valence-electron chi connectivity index (χ0n) is 10.1. The van der Waals surface area contributed by atoms with Crippen LogP contribution in [0, 0.1) is 10.1 Å². The number of nitro groups is 1. The highest BCUT2D eigenvalue weighted by atomic mass is 35.5. The van der Waals surface area contributed by atoms with Gasteiger partial charge in [0.15, 0.2) is 0 Å². The molecule has 1 aliphatic heterocycles. The fourth-order valence-corrected chi connectivity index (χ4v) is 2.17. The summed E-state index contributed by atoms with van der Waals surface area (Å²) in [4.78, 5) is 24.2. The van der Waals surface area contributed by atoms with E-state index in [9.17, 15) is 14.9 Å². The Bertz CT molecular complexity index is 494. The molecule has 1 aromatic rings. The lowest BCUT2D eigenvalue weighted by Gasteiger charge is -2.31. The Labute approximate surface area is 115 Å². The summed E-state index contributed by atoms with van der Waals surface area (Å²) < 4.78 is 5.36. The summed E-state index contributed by atoms with van der Waals surface area (Å²) in [6.07, 6.45) is -0.220. The van der Waals surface area contributed by atoms with Crippen molar-refractivity contribution in [1.29, 1.82) is 0 Å². The summed E-state index contributed by atoms with van der Waals surface area (Å²) >= 11 is 5.71. The third kappa shape index (κ3) is 3.02. The monoisotopic (exact) mass is 284 g/mol. The van der Waals surface area contributed by atoms with Crippen LogP contribution in [-0.4, -0.2) is 47.4 Å². The summed E-state index contributed by atoms with van der Waals surface area (Å²) in [7, 11) is 0. The van der Waals surface area contributed by atoms with Gasteiger partial charge in [-0.1, -0.05) is 12.1 Å². The van der Waals surface area contributed by atoms with Gasteiger partial charge in [0.1, 0.15) is 5.56 Å². The van der Waals surface area contributed by atoms with E-state index in [4.69, 9.17) is 16.3 Å². The van der Waals surface area contributed by atoms with Crippen LogP contribution < -0.4 is 0 Å². The third-order valence-corrected chi connectivity index (χ3v) is 3.27. The molecule has 0 aromatic heterocycles. The van der Waals surface area contributed by atoms with Gasteiger partial charge in [-0.05, 0) is 6.07 Å². The number of morpholine rings is 1. The van der Waals surface area contributed by atoms with Crippen LogP contribution in [0.1, 0.15) is 10.4 Å². The number of nitro benzene ring substituents is 1. The molecule has 0 aliphatic carbocycles. The van der Waals surface area contributed by atoms with Gasteiger partial charge in [0.25, 0.3) is 11.6 Å². The zero-order valence-corrected chi connectivity index (χ0v) is 10.9. The first-order valence-corrected chi connectivity index (χ1v) is 6.37. The molecule has 1 aromatic carbocycles. The Balaban J connectivity index is 2.22. The van der Waals surface area contributed by atoms with Gasteiger partial charge >= 0.3 is 0 Å². The van der Waals surface area contributed by atoms with Gasteiger partial charge in [0.05, 0.1) is 23.5 Å². The van der Waals surface area contributed by atoms with Crippen molar-refractivity contribution in [3.05, 3.63) is 39.9 Å². The minimum atomic E-state index is -0.549. The van der Waals surface area contributed by atoms with Gasteiger partial charge in [0, 0.05) is 19.2 Å². The van der Waals surface area contributed by atoms with E-state index in [1.165, 1.54) is 18.2 Å². The standard InChI is InChI=1S/C12H13ClN2O4/c13-7-9-8-14(5-6-19-9)12(16)10-3-1-2-4-11(10)15(17)18/h1-4,9H,5-8H2. The number of carbonyl (C=O) groups excluding carboxylic acids is 1. The maximum atomic E-state index is 12.3. The smallest absolute Gasteiger partial charge is 0.282 e. The van der Waals surface area contributed by atoms with Gasteiger partial charge in [-0.3, -0.25) is 14.9 Å². The van der Waals surface area contributed by atoms with Crippen molar-refractivity contribution in [1.82, 2.24) is 4.90 Å². The Morgan fingerprint density at radius 1 is 1.53 bits per heavy atom. The van der Waals surface area contributed by atoms with Crippen LogP contribution in [0.3, 0.4) is 0 Å². The van der Waals surface area contributed by atoms with E-state index < -0.39 is 4.92 Å². The molecule has 1 fully saturated rings. The molecule has 0 N–H and O–H groups in total. The van der Waals surface area contributed by atoms with E-state index in [1.807, 2.05) is 0 Å². The number of amides is 1. The molecule has 1 amide bonds. The molecule has 1 heterocycles. The fraction of sp³-hybridized carbons (Fsp3) is 0.417. The van der Waals surface area contributed by atoms with Crippen molar-refractivity contribution in [3.63, 3.8) is 0 Å². The molecule has 1 saturated heterocycles. The molecule has 1 aliphatic rings. The molecule has 1 atom stereocenters. The molecule has 19 heavy (non-hydrogen) atoms. The van der Waals surface area contributed by atoms with Crippen LogP contribution in [-0.2, 0) is 4.74 Å². The van der Waals surface area contributed by atoms with Crippen LogP contribution in [0.5, 0.6) is 0 Å². The number of carbonyl (C=O) groups is 1. The average molecular weight is 285 g/mol. The van der Waals surface area contributed by atoms with Crippen LogP contribution >= 0.6 is 11.6 Å². The first kappa shape index (κ1) is 13.8. The highest BCUT2D eigenvalue weighted by molar-refractivity contribution is 6.18. The highest BCUT2D eigenvalue weighted by Gasteiger charge is 2.28. The number of hydrogen-bond donors (Lipinski definition) is 0. The number of alkyl halides is 1. The minimum absolute atomic E-state index is 0.0997. The summed E-state index contributed by atoms with van der Waals surface area (Å²) in [6, 6.07) is 5.94. The molecule has 102 valence electrons. The second-order valence-corrected chi connectivity index (χ2v) is 4.48. The Morgan fingerprint density at radius 3 is 2.95 bits per heavy atom. The fourth-order valence-electron chi connectivity index (χ4n) is 1.98. The third-order valence-electron chi connectivity index (χ3n) is 2.93. The maximum Gasteiger partial charge on any atom is 0.282 e. The molecule has 0 saturated carbocycles. The van der Waals surface area contributed by atoms with Crippen molar-refractivity contribution in [3.8, 4) is 0 Å². The van der Waals surface area contributed by atoms with E-state index >= 15 is 0 Å². The first-order chi connectivity index (χ1) is 9.13. The SMILES string of the molecule is O=C(c1ccccc1[N+](=O)[O-])N1CCOC(CCl)C1. The van der Waals surface area contributed by atoms with Crippen molar-refractivity contribution < 1.29 is 14.5 Å². The summed E-state index contributed by atoms with van der Waals surface area (Å²) in [5, 5.41) is 10.9. The molecular formula is C12H13ClN2O4. The van der Waals surface area contributed by atoms with Crippen LogP contribution in [0.4, 0.5) is 5.69 Å². The Hall–Kier alpha value is -1.66. The van der Waals surface area contributed by atoms with Crippen molar-refractivity contribution >= 4 is 23.2 Å². The van der Waals surface area contributed by atoms with Crippen LogP contribution in [0.2, 0.25) is 0 Å². The van der Waals surface area contributed by atoms with Crippen molar-refractivity contribution in [2.75, 3.05) is 25.6 Å². The Morgan fingerprint density at radius 2 is 2.26 bits per heavy atom. The van der Waals surface area contributed by atoms with Crippen molar-refractivity contribution in [2.45, 2.75) is 6.10 Å². The Kier molecular flexibility index (Phi) is 4.34. The van der Waals surface area contributed by atoms with Crippen molar-refractivity contribution in [2.24, 2.45) is 0 Å². The molecule has 0 spiro atoms. The van der Waals surface area contributed by atoms with Crippen LogP contribution in [0.15, 0.2) is 24.3 Å². The number of hydrogen-bond acceptors (Lipinski definition) is 4. The molecule has 7 heteroatoms. The van der Waals surface area contributed by atoms with Gasteiger partial charge in [0.2, 0.25) is 0 Å². The number of halogens is 1.